The number of amides is 1. The van der Waals surface area contributed by atoms with Gasteiger partial charge in [-0.25, -0.2) is 15.0 Å². The highest BCUT2D eigenvalue weighted by molar-refractivity contribution is 5.90. The van der Waals surface area contributed by atoms with Crippen LogP contribution in [0.1, 0.15) is 69.3 Å². The van der Waals surface area contributed by atoms with E-state index in [-0.39, 0.29) is 30.5 Å². The molecule has 0 bridgehead atoms. The van der Waals surface area contributed by atoms with Gasteiger partial charge in [0.2, 0.25) is 0 Å². The van der Waals surface area contributed by atoms with Crippen molar-refractivity contribution < 1.29 is 19.4 Å². The van der Waals surface area contributed by atoms with Crippen molar-refractivity contribution in [2.75, 3.05) is 13.1 Å². The number of carbonyl (C=O) groups excluding carboxylic acids is 1. The van der Waals surface area contributed by atoms with Crippen molar-refractivity contribution in [3.8, 4) is 0 Å². The van der Waals surface area contributed by atoms with E-state index in [1.54, 1.807) is 4.90 Å². The summed E-state index contributed by atoms with van der Waals surface area (Å²) >= 11 is 0. The molecule has 0 saturated carbocycles. The molecule has 50 heavy (non-hydrogen) atoms. The first-order valence-corrected chi connectivity index (χ1v) is 17.3. The molecule has 1 aromatic heterocycles. The fourth-order valence-electron chi connectivity index (χ4n) is 7.94. The van der Waals surface area contributed by atoms with Crippen LogP contribution in [0.4, 0.5) is 4.79 Å². The quantitative estimate of drug-likeness (QED) is 0.172. The zero-order valence-electron chi connectivity index (χ0n) is 27.7. The molecule has 9 nitrogen and oxygen atoms in total. The number of rotatable bonds is 8. The van der Waals surface area contributed by atoms with E-state index in [1.807, 2.05) is 53.2 Å². The summed E-state index contributed by atoms with van der Waals surface area (Å²) in [6.45, 7) is 1.23. The van der Waals surface area contributed by atoms with E-state index < -0.39 is 11.5 Å². The number of ether oxygens (including phenoxy) is 1. The normalized spacial score (nSPS) is 17.5. The van der Waals surface area contributed by atoms with Gasteiger partial charge in [-0.05, 0) is 47.9 Å². The lowest BCUT2D eigenvalue weighted by atomic mass is 9.76. The summed E-state index contributed by atoms with van der Waals surface area (Å²) in [4.78, 5) is 27.3. The van der Waals surface area contributed by atoms with Gasteiger partial charge in [0.05, 0.1) is 17.8 Å². The van der Waals surface area contributed by atoms with Crippen LogP contribution in [-0.2, 0) is 23.3 Å². The van der Waals surface area contributed by atoms with E-state index in [1.165, 1.54) is 0 Å². The first kappa shape index (κ1) is 31.6. The molecular weight excluding hydrogens is 626 g/mol. The van der Waals surface area contributed by atoms with Crippen molar-refractivity contribution in [3.05, 3.63) is 167 Å². The summed E-state index contributed by atoms with van der Waals surface area (Å²) in [7, 11) is 0. The van der Waals surface area contributed by atoms with Gasteiger partial charge in [-0.15, -0.1) is 0 Å². The average Bonchev–Trinajstić information content (AvgIpc) is 3.79. The van der Waals surface area contributed by atoms with Gasteiger partial charge in [0.25, 0.3) is 0 Å². The summed E-state index contributed by atoms with van der Waals surface area (Å²) in [5, 5.41) is 17.3. The minimum absolute atomic E-state index is 0.0387. The van der Waals surface area contributed by atoms with E-state index >= 15 is 0 Å². The Balaban J connectivity index is 1.15. The van der Waals surface area contributed by atoms with Crippen molar-refractivity contribution in [2.45, 2.75) is 49.9 Å². The molecule has 3 heterocycles. The fourth-order valence-corrected chi connectivity index (χ4v) is 7.94. The van der Waals surface area contributed by atoms with Gasteiger partial charge < -0.3 is 14.7 Å². The number of piperidine rings is 1. The second-order valence-electron chi connectivity index (χ2n) is 13.2. The van der Waals surface area contributed by atoms with Crippen LogP contribution < -0.4 is 5.43 Å². The molecule has 1 unspecified atom stereocenters. The molecule has 252 valence electrons. The number of fused-ring (bicyclic) bond motifs is 3. The predicted octanol–water partition coefficient (Wildman–Crippen LogP) is 7.02. The van der Waals surface area contributed by atoms with Crippen LogP contribution >= 0.6 is 0 Å². The van der Waals surface area contributed by atoms with Gasteiger partial charge in [0, 0.05) is 30.4 Å². The third-order valence-electron chi connectivity index (χ3n) is 10.3. The molecule has 1 atom stereocenters. The summed E-state index contributed by atoms with van der Waals surface area (Å²) in [5.41, 5.74) is 10.2. The molecule has 9 heteroatoms. The Labute approximate surface area is 291 Å². The lowest BCUT2D eigenvalue weighted by molar-refractivity contribution is 0.0687. The topological polar surface area (TPSA) is 99.9 Å². The van der Waals surface area contributed by atoms with E-state index in [4.69, 9.17) is 9.84 Å². The van der Waals surface area contributed by atoms with Crippen molar-refractivity contribution >= 4 is 17.6 Å². The summed E-state index contributed by atoms with van der Waals surface area (Å²) in [5.74, 6) is -1.02. The Morgan fingerprint density at radius 1 is 0.780 bits per heavy atom. The first-order chi connectivity index (χ1) is 24.5. The lowest BCUT2D eigenvalue weighted by Gasteiger charge is -2.44. The van der Waals surface area contributed by atoms with Gasteiger partial charge in [0.1, 0.15) is 12.1 Å². The van der Waals surface area contributed by atoms with Crippen LogP contribution in [0, 0.1) is 0 Å². The maximum absolute atomic E-state index is 13.0. The first-order valence-electron chi connectivity index (χ1n) is 17.3. The van der Waals surface area contributed by atoms with Crippen molar-refractivity contribution in [1.82, 2.24) is 25.1 Å². The average molecular weight is 666 g/mol. The molecule has 2 aliphatic heterocycles. The lowest BCUT2D eigenvalue weighted by Crippen LogP contribution is -2.52. The van der Waals surface area contributed by atoms with E-state index in [2.05, 4.69) is 89.4 Å². The van der Waals surface area contributed by atoms with Gasteiger partial charge >= 0.3 is 12.1 Å². The highest BCUT2D eigenvalue weighted by Gasteiger charge is 2.47. The summed E-state index contributed by atoms with van der Waals surface area (Å²) in [6.07, 6.45) is 4.46. The molecule has 1 amide bonds. The van der Waals surface area contributed by atoms with Crippen LogP contribution in [0.2, 0.25) is 0 Å². The Morgan fingerprint density at radius 2 is 1.32 bits per heavy atom. The van der Waals surface area contributed by atoms with Gasteiger partial charge in [-0.3, -0.25) is 9.69 Å². The van der Waals surface area contributed by atoms with Crippen molar-refractivity contribution in [2.24, 2.45) is 0 Å². The molecule has 3 aliphatic rings. The molecule has 4 aromatic carbocycles. The molecular formula is C41H39N5O4. The number of hydrogen-bond donors (Lipinski definition) is 2. The molecule has 0 radical (unpaired) electrons. The molecule has 2 N–H and O–H groups in total. The second-order valence-corrected chi connectivity index (χ2v) is 13.2. The van der Waals surface area contributed by atoms with Crippen LogP contribution in [0.25, 0.3) is 5.57 Å². The van der Waals surface area contributed by atoms with Crippen molar-refractivity contribution in [3.63, 3.8) is 0 Å². The zero-order valence-corrected chi connectivity index (χ0v) is 27.7. The number of hydrogen-bond acceptors (Lipinski definition) is 6. The Hall–Kier alpha value is -5.67. The molecule has 0 spiro atoms. The Bertz CT molecular complexity index is 1910. The maximum atomic E-state index is 13.0. The zero-order chi connectivity index (χ0) is 34.1. The minimum atomic E-state index is -1.02. The van der Waals surface area contributed by atoms with Gasteiger partial charge in [-0.1, -0.05) is 121 Å². The molecule has 5 aromatic rings. The van der Waals surface area contributed by atoms with Crippen molar-refractivity contribution in [1.29, 1.82) is 0 Å². The molecule has 1 saturated heterocycles. The highest BCUT2D eigenvalue weighted by Crippen LogP contribution is 2.47. The van der Waals surface area contributed by atoms with E-state index in [9.17, 15) is 14.7 Å². The molecule has 1 aliphatic carbocycles. The number of nitrogens with one attached hydrogen (secondary N) is 1. The number of aromatic nitrogens is 2. The van der Waals surface area contributed by atoms with E-state index in [0.717, 1.165) is 45.5 Å². The Morgan fingerprint density at radius 3 is 1.86 bits per heavy atom. The monoisotopic (exact) mass is 665 g/mol. The third kappa shape index (κ3) is 5.53. The van der Waals surface area contributed by atoms with Crippen LogP contribution in [-0.4, -0.2) is 56.0 Å². The summed E-state index contributed by atoms with van der Waals surface area (Å²) < 4.78 is 7.56. The number of nitrogens with zero attached hydrogens (tertiary/aromatic N) is 4. The maximum Gasteiger partial charge on any atom is 0.410 e. The number of likely N-dealkylation sites (tertiary alicyclic amines) is 1. The fraction of sp³-hybridized carbons (Fsp3) is 0.244. The number of carboxylic acids is 1. The van der Waals surface area contributed by atoms with Gasteiger partial charge in [0.15, 0.2) is 5.69 Å². The smallest absolute Gasteiger partial charge is 0.410 e. The number of benzene rings is 4. The highest BCUT2D eigenvalue weighted by atomic mass is 16.6. The standard InChI is InChI=1S/C41H39N5O4/c47-39(48)37-34-21-22-36-35(38(34)46(43-37)33-23-25-44(26-24-33)40(49)50-28-29-13-5-1-6-14-29)27-45(42-36)41(30-15-7-2-8-16-30,31-17-9-3-10-18-31)32-19-11-4-12-20-32/h1-20,27,33,36,42H,21-26,28H2,(H,47,48). The third-order valence-corrected chi connectivity index (χ3v) is 10.3. The molecule has 1 fully saturated rings. The number of aromatic carboxylic acids is 1. The van der Waals surface area contributed by atoms with Gasteiger partial charge in [-0.2, -0.15) is 5.10 Å². The van der Waals surface area contributed by atoms with E-state index in [0.29, 0.717) is 32.4 Å². The number of hydrazine groups is 1. The SMILES string of the molecule is O=C(O)c1nn(C2CCN(C(=O)OCc3ccccc3)CC2)c2c1CCC1NN(C(c3ccccc3)(c3ccccc3)c3ccccc3)C=C21. The largest absolute Gasteiger partial charge is 0.476 e. The van der Waals surface area contributed by atoms with Crippen LogP contribution in [0.5, 0.6) is 0 Å². The predicted molar refractivity (Wildman–Crippen MR) is 190 cm³/mol. The number of carbonyl (C=O) groups is 2. The van der Waals surface area contributed by atoms with Crippen LogP contribution in [0.3, 0.4) is 0 Å². The second kappa shape index (κ2) is 13.3. The Kier molecular flexibility index (Phi) is 8.42. The number of carboxylic acid groups (broad SMARTS) is 1. The molecule has 8 rings (SSSR count). The minimum Gasteiger partial charge on any atom is -0.476 e. The van der Waals surface area contributed by atoms with Crippen LogP contribution in [0.15, 0.2) is 128 Å². The summed E-state index contributed by atoms with van der Waals surface area (Å²) in [6, 6.07) is 41.1.